The number of benzene rings is 1. The minimum absolute atomic E-state index is 0. The van der Waals surface area contributed by atoms with Gasteiger partial charge < -0.3 is 25.0 Å². The van der Waals surface area contributed by atoms with Crippen LogP contribution in [0.5, 0.6) is 11.5 Å². The Kier molecular flexibility index (Phi) is 10.7. The van der Waals surface area contributed by atoms with Gasteiger partial charge in [-0.25, -0.2) is 9.98 Å². The first kappa shape index (κ1) is 25.0. The van der Waals surface area contributed by atoms with Crippen LogP contribution < -0.4 is 25.0 Å². The summed E-state index contributed by atoms with van der Waals surface area (Å²) in [5.41, 5.74) is 1.09. The molecule has 1 atom stereocenters. The molecule has 0 spiro atoms. The minimum atomic E-state index is -0.0256. The molecule has 0 aliphatic carbocycles. The van der Waals surface area contributed by atoms with Crippen LogP contribution >= 0.6 is 24.0 Å². The van der Waals surface area contributed by atoms with Gasteiger partial charge in [-0.1, -0.05) is 12.1 Å². The molecule has 2 heterocycles. The predicted molar refractivity (Wildman–Crippen MR) is 137 cm³/mol. The summed E-state index contributed by atoms with van der Waals surface area (Å²) in [7, 11) is 1.65. The van der Waals surface area contributed by atoms with E-state index in [1.807, 2.05) is 37.4 Å². The first-order valence-corrected chi connectivity index (χ1v) is 10.7. The molecule has 7 nitrogen and oxygen atoms in total. The first-order chi connectivity index (χ1) is 14.7. The molecule has 0 radical (unpaired) electrons. The lowest BCUT2D eigenvalue weighted by atomic mass is 10.3. The lowest BCUT2D eigenvalue weighted by Crippen LogP contribution is -2.41. The fourth-order valence-corrected chi connectivity index (χ4v) is 3.34. The zero-order chi connectivity index (χ0) is 21.2. The average Bonchev–Trinajstić information content (AvgIpc) is 3.31. The van der Waals surface area contributed by atoms with Crippen LogP contribution in [-0.2, 0) is 6.54 Å². The van der Waals surface area contributed by atoms with E-state index in [-0.39, 0.29) is 30.1 Å². The Balaban J connectivity index is 0.00000341. The van der Waals surface area contributed by atoms with Crippen molar-refractivity contribution >= 4 is 35.8 Å². The number of aromatic nitrogens is 1. The molecule has 1 saturated heterocycles. The Morgan fingerprint density at radius 1 is 1.16 bits per heavy atom. The van der Waals surface area contributed by atoms with Crippen molar-refractivity contribution in [3.63, 3.8) is 0 Å². The van der Waals surface area contributed by atoms with E-state index in [0.29, 0.717) is 13.1 Å². The van der Waals surface area contributed by atoms with Crippen LogP contribution in [0, 0.1) is 0 Å². The van der Waals surface area contributed by atoms with E-state index in [2.05, 4.69) is 44.6 Å². The van der Waals surface area contributed by atoms with E-state index in [0.717, 1.165) is 48.5 Å². The van der Waals surface area contributed by atoms with E-state index >= 15 is 0 Å². The van der Waals surface area contributed by atoms with E-state index in [9.17, 15) is 0 Å². The summed E-state index contributed by atoms with van der Waals surface area (Å²) in [6.07, 6.45) is 4.41. The zero-order valence-electron chi connectivity index (χ0n) is 18.6. The van der Waals surface area contributed by atoms with Crippen molar-refractivity contribution < 1.29 is 9.47 Å². The highest BCUT2D eigenvalue weighted by molar-refractivity contribution is 14.0. The minimum Gasteiger partial charge on any atom is -0.497 e. The third-order valence-electron chi connectivity index (χ3n) is 4.94. The second-order valence-electron chi connectivity index (χ2n) is 7.40. The fourth-order valence-electron chi connectivity index (χ4n) is 3.34. The fraction of sp³-hybridized carbons (Fsp3) is 0.478. The highest BCUT2D eigenvalue weighted by Crippen LogP contribution is 2.20. The number of anilines is 1. The van der Waals surface area contributed by atoms with Crippen molar-refractivity contribution in [2.75, 3.05) is 38.2 Å². The topological polar surface area (TPSA) is 71.0 Å². The van der Waals surface area contributed by atoms with Gasteiger partial charge in [0.1, 0.15) is 23.4 Å². The lowest BCUT2D eigenvalue weighted by molar-refractivity contribution is 0.223. The van der Waals surface area contributed by atoms with Crippen LogP contribution in [0.3, 0.4) is 0 Å². The Morgan fingerprint density at radius 3 is 2.61 bits per heavy atom. The van der Waals surface area contributed by atoms with Gasteiger partial charge in [-0.2, -0.15) is 0 Å². The van der Waals surface area contributed by atoms with Crippen LogP contribution in [0.15, 0.2) is 47.6 Å². The molecule has 170 valence electrons. The molecule has 1 aliphatic rings. The number of hydrogen-bond acceptors (Lipinski definition) is 5. The summed E-state index contributed by atoms with van der Waals surface area (Å²) >= 11 is 0. The Bertz CT molecular complexity index is 810. The number of methoxy groups -OCH3 is 1. The van der Waals surface area contributed by atoms with Gasteiger partial charge in [0, 0.05) is 31.9 Å². The molecule has 0 bridgehead atoms. The summed E-state index contributed by atoms with van der Waals surface area (Å²) in [4.78, 5) is 11.6. The van der Waals surface area contributed by atoms with Gasteiger partial charge in [-0.15, -0.1) is 24.0 Å². The highest BCUT2D eigenvalue weighted by atomic mass is 127. The largest absolute Gasteiger partial charge is 0.497 e. The molecular formula is C23H34IN5O2. The van der Waals surface area contributed by atoms with Crippen LogP contribution in [0.2, 0.25) is 0 Å². The summed E-state index contributed by atoms with van der Waals surface area (Å²) in [6.45, 7) is 8.30. The number of guanidine groups is 1. The zero-order valence-corrected chi connectivity index (χ0v) is 21.0. The van der Waals surface area contributed by atoms with Crippen LogP contribution in [0.4, 0.5) is 5.82 Å². The maximum Gasteiger partial charge on any atom is 0.191 e. The van der Waals surface area contributed by atoms with E-state index in [1.54, 1.807) is 7.11 Å². The van der Waals surface area contributed by atoms with Crippen molar-refractivity contribution in [1.29, 1.82) is 0 Å². The second kappa shape index (κ2) is 13.2. The molecule has 1 aromatic carbocycles. The van der Waals surface area contributed by atoms with Gasteiger partial charge in [-0.05, 0) is 50.5 Å². The molecule has 31 heavy (non-hydrogen) atoms. The standard InChI is InChI=1S/C23H33N5O2.HI/c1-4-24-23(26-15-18(2)30-21-9-7-8-20(14-21)29-3)27-17-19-10-11-22(25-16-19)28-12-5-6-13-28;/h7-11,14,16,18H,4-6,12-13,15,17H2,1-3H3,(H2,24,26,27);1H. The number of nitrogens with one attached hydrogen (secondary N) is 2. The molecule has 2 aromatic rings. The average molecular weight is 539 g/mol. The molecule has 3 rings (SSSR count). The van der Waals surface area contributed by atoms with E-state index in [1.165, 1.54) is 12.8 Å². The van der Waals surface area contributed by atoms with Crippen molar-refractivity contribution in [1.82, 2.24) is 15.6 Å². The second-order valence-corrected chi connectivity index (χ2v) is 7.40. The quantitative estimate of drug-likeness (QED) is 0.287. The molecule has 1 aromatic heterocycles. The van der Waals surface area contributed by atoms with E-state index in [4.69, 9.17) is 9.47 Å². The Morgan fingerprint density at radius 2 is 1.94 bits per heavy atom. The molecule has 1 fully saturated rings. The van der Waals surface area contributed by atoms with Gasteiger partial charge in [0.2, 0.25) is 0 Å². The maximum atomic E-state index is 5.97. The number of hydrogen-bond donors (Lipinski definition) is 2. The number of rotatable bonds is 9. The maximum absolute atomic E-state index is 5.97. The first-order valence-electron chi connectivity index (χ1n) is 10.7. The van der Waals surface area contributed by atoms with Crippen molar-refractivity contribution in [2.45, 2.75) is 39.3 Å². The van der Waals surface area contributed by atoms with Crippen molar-refractivity contribution in [2.24, 2.45) is 4.99 Å². The molecule has 0 saturated carbocycles. The Labute approximate surface area is 202 Å². The summed E-state index contributed by atoms with van der Waals surface area (Å²) in [5.74, 6) is 3.40. The van der Waals surface area contributed by atoms with Crippen LogP contribution in [0.1, 0.15) is 32.3 Å². The van der Waals surface area contributed by atoms with Gasteiger partial charge in [0.25, 0.3) is 0 Å². The van der Waals surface area contributed by atoms with Gasteiger partial charge >= 0.3 is 0 Å². The number of halogens is 1. The van der Waals surface area contributed by atoms with Crippen molar-refractivity contribution in [3.8, 4) is 11.5 Å². The third kappa shape index (κ3) is 8.08. The monoisotopic (exact) mass is 539 g/mol. The molecule has 1 unspecified atom stereocenters. The van der Waals surface area contributed by atoms with Gasteiger partial charge in [-0.3, -0.25) is 0 Å². The van der Waals surface area contributed by atoms with Gasteiger partial charge in [0.05, 0.1) is 20.2 Å². The third-order valence-corrected chi connectivity index (χ3v) is 4.94. The Hall–Kier alpha value is -2.23. The van der Waals surface area contributed by atoms with Crippen molar-refractivity contribution in [3.05, 3.63) is 48.2 Å². The number of nitrogens with zero attached hydrogens (tertiary/aromatic N) is 3. The number of ether oxygens (including phenoxy) is 2. The SMILES string of the molecule is CCNC(=NCc1ccc(N2CCCC2)nc1)NCC(C)Oc1cccc(OC)c1.I. The predicted octanol–water partition coefficient (Wildman–Crippen LogP) is 3.83. The lowest BCUT2D eigenvalue weighted by Gasteiger charge is -2.18. The van der Waals surface area contributed by atoms with Gasteiger partial charge in [0.15, 0.2) is 5.96 Å². The van der Waals surface area contributed by atoms with E-state index < -0.39 is 0 Å². The molecule has 2 N–H and O–H groups in total. The smallest absolute Gasteiger partial charge is 0.191 e. The molecular weight excluding hydrogens is 505 g/mol. The van der Waals surface area contributed by atoms with Crippen LogP contribution in [-0.4, -0.2) is 50.3 Å². The number of aliphatic imine (C=N–C) groups is 1. The van der Waals surface area contributed by atoms with Crippen LogP contribution in [0.25, 0.3) is 0 Å². The molecule has 0 amide bonds. The summed E-state index contributed by atoms with van der Waals surface area (Å²) < 4.78 is 11.2. The number of pyridine rings is 1. The molecule has 1 aliphatic heterocycles. The molecule has 8 heteroatoms. The summed E-state index contributed by atoms with van der Waals surface area (Å²) in [5, 5.41) is 6.63. The normalized spacial score (nSPS) is 14.5. The summed E-state index contributed by atoms with van der Waals surface area (Å²) in [6, 6.07) is 11.8. The highest BCUT2D eigenvalue weighted by Gasteiger charge is 2.13.